The summed E-state index contributed by atoms with van der Waals surface area (Å²) in [5.41, 5.74) is 5.34. The highest BCUT2D eigenvalue weighted by Gasteiger charge is 2.10. The second-order valence-corrected chi connectivity index (χ2v) is 7.35. The van der Waals surface area contributed by atoms with E-state index >= 15 is 0 Å². The molecule has 0 bridgehead atoms. The van der Waals surface area contributed by atoms with Gasteiger partial charge in [0.1, 0.15) is 11.6 Å². The first-order valence-electron chi connectivity index (χ1n) is 9.23. The Morgan fingerprint density at radius 3 is 2.76 bits per heavy atom. The third-order valence-electron chi connectivity index (χ3n) is 4.54. The predicted molar refractivity (Wildman–Crippen MR) is 117 cm³/mol. The smallest absolute Gasteiger partial charge is 0.262 e. The minimum Gasteiger partial charge on any atom is -0.484 e. The molecule has 0 aliphatic rings. The van der Waals surface area contributed by atoms with E-state index in [-0.39, 0.29) is 12.5 Å². The van der Waals surface area contributed by atoms with E-state index in [2.05, 4.69) is 15.3 Å². The van der Waals surface area contributed by atoms with Crippen molar-refractivity contribution in [3.8, 4) is 17.1 Å². The zero-order chi connectivity index (χ0) is 20.4. The molecule has 1 heterocycles. The van der Waals surface area contributed by atoms with Gasteiger partial charge in [0.25, 0.3) is 5.91 Å². The average molecular weight is 406 g/mol. The Bertz CT molecular complexity index is 1160. The van der Waals surface area contributed by atoms with Gasteiger partial charge >= 0.3 is 0 Å². The highest BCUT2D eigenvalue weighted by atomic mass is 35.5. The molecule has 1 aromatic heterocycles. The number of nitrogens with one attached hydrogen (secondary N) is 2. The Hall–Kier alpha value is -3.31. The van der Waals surface area contributed by atoms with Crippen molar-refractivity contribution < 1.29 is 9.53 Å². The molecule has 3 aromatic carbocycles. The maximum absolute atomic E-state index is 12.3. The van der Waals surface area contributed by atoms with Crippen LogP contribution < -0.4 is 10.1 Å². The first-order valence-corrected chi connectivity index (χ1v) is 9.61. The summed E-state index contributed by atoms with van der Waals surface area (Å²) in [5.74, 6) is 1.16. The number of aromatic nitrogens is 2. The van der Waals surface area contributed by atoms with Crippen LogP contribution in [0.15, 0.2) is 60.7 Å². The SMILES string of the molecule is Cc1cccc(OCC(=O)Nc2cccc(-c3nc4cc(Cl)c(C)cc4[nH]3)c2)c1. The third kappa shape index (κ3) is 4.41. The number of carbonyl (C=O) groups is 1. The number of hydrogen-bond acceptors (Lipinski definition) is 3. The molecular formula is C23H20ClN3O2. The van der Waals surface area contributed by atoms with Crippen LogP contribution >= 0.6 is 11.6 Å². The fourth-order valence-electron chi connectivity index (χ4n) is 3.07. The fraction of sp³-hybridized carbons (Fsp3) is 0.130. The highest BCUT2D eigenvalue weighted by molar-refractivity contribution is 6.32. The van der Waals surface area contributed by atoms with Gasteiger partial charge in [-0.2, -0.15) is 0 Å². The monoisotopic (exact) mass is 405 g/mol. The molecule has 0 spiro atoms. The number of imidazole rings is 1. The van der Waals surface area contributed by atoms with Gasteiger partial charge < -0.3 is 15.0 Å². The summed E-state index contributed by atoms with van der Waals surface area (Å²) in [6.07, 6.45) is 0. The van der Waals surface area contributed by atoms with Crippen molar-refractivity contribution in [3.05, 3.63) is 76.8 Å². The zero-order valence-corrected chi connectivity index (χ0v) is 16.9. The van der Waals surface area contributed by atoms with Gasteiger partial charge in [0.15, 0.2) is 6.61 Å². The topological polar surface area (TPSA) is 67.0 Å². The number of ether oxygens (including phenoxy) is 1. The van der Waals surface area contributed by atoms with Gasteiger partial charge in [-0.3, -0.25) is 4.79 Å². The number of rotatable bonds is 5. The summed E-state index contributed by atoms with van der Waals surface area (Å²) in [7, 11) is 0. The van der Waals surface area contributed by atoms with Crippen LogP contribution in [0.2, 0.25) is 5.02 Å². The van der Waals surface area contributed by atoms with Crippen molar-refractivity contribution in [2.24, 2.45) is 0 Å². The molecule has 0 aliphatic heterocycles. The fourth-order valence-corrected chi connectivity index (χ4v) is 3.23. The van der Waals surface area contributed by atoms with Gasteiger partial charge in [0, 0.05) is 16.3 Å². The van der Waals surface area contributed by atoms with Gasteiger partial charge in [-0.05, 0) is 61.4 Å². The number of H-pyrrole nitrogens is 1. The zero-order valence-electron chi connectivity index (χ0n) is 16.1. The summed E-state index contributed by atoms with van der Waals surface area (Å²) in [4.78, 5) is 20.2. The van der Waals surface area contributed by atoms with Crippen LogP contribution in [-0.2, 0) is 4.79 Å². The van der Waals surface area contributed by atoms with E-state index in [1.165, 1.54) is 0 Å². The second-order valence-electron chi connectivity index (χ2n) is 6.94. The van der Waals surface area contributed by atoms with Crippen LogP contribution in [0.5, 0.6) is 5.75 Å². The molecule has 146 valence electrons. The third-order valence-corrected chi connectivity index (χ3v) is 4.95. The highest BCUT2D eigenvalue weighted by Crippen LogP contribution is 2.26. The van der Waals surface area contributed by atoms with E-state index < -0.39 is 0 Å². The van der Waals surface area contributed by atoms with E-state index in [9.17, 15) is 4.79 Å². The van der Waals surface area contributed by atoms with E-state index in [0.29, 0.717) is 22.3 Å². The van der Waals surface area contributed by atoms with E-state index in [0.717, 1.165) is 27.7 Å². The molecule has 0 fully saturated rings. The van der Waals surface area contributed by atoms with Crippen LogP contribution in [0.3, 0.4) is 0 Å². The Morgan fingerprint density at radius 2 is 1.93 bits per heavy atom. The molecule has 0 atom stereocenters. The maximum atomic E-state index is 12.3. The van der Waals surface area contributed by atoms with Crippen molar-refractivity contribution in [2.45, 2.75) is 13.8 Å². The van der Waals surface area contributed by atoms with Crippen LogP contribution in [0, 0.1) is 13.8 Å². The van der Waals surface area contributed by atoms with Crippen molar-refractivity contribution in [3.63, 3.8) is 0 Å². The lowest BCUT2D eigenvalue weighted by molar-refractivity contribution is -0.118. The molecule has 1 amide bonds. The lowest BCUT2D eigenvalue weighted by Gasteiger charge is -2.09. The van der Waals surface area contributed by atoms with Crippen molar-refractivity contribution in [1.29, 1.82) is 0 Å². The first kappa shape index (κ1) is 19.0. The Balaban J connectivity index is 1.48. The lowest BCUT2D eigenvalue weighted by Crippen LogP contribution is -2.20. The molecule has 0 unspecified atom stereocenters. The summed E-state index contributed by atoms with van der Waals surface area (Å²) in [5, 5.41) is 3.55. The van der Waals surface area contributed by atoms with Crippen molar-refractivity contribution in [2.75, 3.05) is 11.9 Å². The van der Waals surface area contributed by atoms with Gasteiger partial charge in [-0.1, -0.05) is 35.9 Å². The summed E-state index contributed by atoms with van der Waals surface area (Å²) in [6, 6.07) is 18.9. The maximum Gasteiger partial charge on any atom is 0.262 e. The van der Waals surface area contributed by atoms with Gasteiger partial charge in [-0.15, -0.1) is 0 Å². The Labute approximate surface area is 173 Å². The lowest BCUT2D eigenvalue weighted by atomic mass is 10.2. The van der Waals surface area contributed by atoms with Crippen LogP contribution in [0.4, 0.5) is 5.69 Å². The molecule has 2 N–H and O–H groups in total. The van der Waals surface area contributed by atoms with Crippen molar-refractivity contribution >= 4 is 34.2 Å². The quantitative estimate of drug-likeness (QED) is 0.459. The molecule has 4 rings (SSSR count). The number of hydrogen-bond donors (Lipinski definition) is 2. The van der Waals surface area contributed by atoms with E-state index in [1.807, 2.05) is 74.5 Å². The molecule has 4 aromatic rings. The molecule has 29 heavy (non-hydrogen) atoms. The largest absolute Gasteiger partial charge is 0.484 e. The van der Waals surface area contributed by atoms with Crippen LogP contribution in [0.25, 0.3) is 22.4 Å². The van der Waals surface area contributed by atoms with Crippen LogP contribution in [0.1, 0.15) is 11.1 Å². The molecule has 0 radical (unpaired) electrons. The number of nitrogens with zero attached hydrogens (tertiary/aromatic N) is 1. The summed E-state index contributed by atoms with van der Waals surface area (Å²) >= 11 is 6.19. The Morgan fingerprint density at radius 1 is 1.10 bits per heavy atom. The number of halogens is 1. The van der Waals surface area contributed by atoms with E-state index in [4.69, 9.17) is 16.3 Å². The number of aromatic amines is 1. The molecule has 0 saturated carbocycles. The Kier molecular flexibility index (Phi) is 5.23. The van der Waals surface area contributed by atoms with Crippen molar-refractivity contribution in [1.82, 2.24) is 9.97 Å². The summed E-state index contributed by atoms with van der Waals surface area (Å²) in [6.45, 7) is 3.87. The molecule has 0 saturated heterocycles. The van der Waals surface area contributed by atoms with Gasteiger partial charge in [0.05, 0.1) is 11.0 Å². The second kappa shape index (κ2) is 7.97. The van der Waals surface area contributed by atoms with Gasteiger partial charge in [0.2, 0.25) is 0 Å². The average Bonchev–Trinajstić information content (AvgIpc) is 3.10. The summed E-state index contributed by atoms with van der Waals surface area (Å²) < 4.78 is 5.55. The minimum atomic E-state index is -0.226. The molecular weight excluding hydrogens is 386 g/mol. The van der Waals surface area contributed by atoms with Crippen LogP contribution in [-0.4, -0.2) is 22.5 Å². The number of fused-ring (bicyclic) bond motifs is 1. The standard InChI is InChI=1S/C23H20ClN3O2/c1-14-5-3-8-18(9-14)29-13-22(28)25-17-7-4-6-16(11-17)23-26-20-10-15(2)19(24)12-21(20)27-23/h3-12H,13H2,1-2H3,(H,25,28)(H,26,27). The number of amides is 1. The minimum absolute atomic E-state index is 0.0594. The normalized spacial score (nSPS) is 10.9. The van der Waals surface area contributed by atoms with E-state index in [1.54, 1.807) is 0 Å². The number of benzene rings is 3. The molecule has 6 heteroatoms. The van der Waals surface area contributed by atoms with Gasteiger partial charge in [-0.25, -0.2) is 4.98 Å². The number of aryl methyl sites for hydroxylation is 2. The molecule has 0 aliphatic carbocycles. The number of carbonyl (C=O) groups excluding carboxylic acids is 1. The number of anilines is 1. The predicted octanol–water partition coefficient (Wildman–Crippen LogP) is 5.52. The first-order chi connectivity index (χ1) is 14.0. The molecule has 5 nitrogen and oxygen atoms in total.